The molecule has 0 aliphatic heterocycles. The number of ether oxygens (including phenoxy) is 3. The topological polar surface area (TPSA) is 87.0 Å². The van der Waals surface area contributed by atoms with Gasteiger partial charge in [-0.2, -0.15) is 0 Å². The number of alkyl halides is 1. The molecule has 0 saturated carbocycles. The fraction of sp³-hybridized carbons (Fsp3) is 0.407. The lowest BCUT2D eigenvalue weighted by molar-refractivity contribution is 0.0695. The zero-order valence-electron chi connectivity index (χ0n) is 20.2. The Hall–Kier alpha value is -3.00. The van der Waals surface area contributed by atoms with Crippen LogP contribution in [0.15, 0.2) is 47.4 Å². The second-order valence-electron chi connectivity index (χ2n) is 8.25. The molecule has 3 rings (SSSR count). The maximum atomic E-state index is 12.9. The van der Waals surface area contributed by atoms with Gasteiger partial charge in [0.05, 0.1) is 31.5 Å². The Morgan fingerprint density at radius 3 is 2.37 bits per heavy atom. The number of halogens is 1. The number of carbonyl (C=O) groups is 1. The van der Waals surface area contributed by atoms with Gasteiger partial charge in [-0.25, -0.2) is 4.79 Å². The second kappa shape index (κ2) is 13.2. The first-order valence-corrected chi connectivity index (χ1v) is 13.0. The van der Waals surface area contributed by atoms with Crippen LogP contribution in [0.1, 0.15) is 55.8 Å². The molecule has 0 amide bonds. The summed E-state index contributed by atoms with van der Waals surface area (Å²) in [5.41, 5.74) is 0.317. The molecule has 7 nitrogen and oxygen atoms in total. The van der Waals surface area contributed by atoms with Crippen LogP contribution in [0.5, 0.6) is 17.2 Å². The number of unbranched alkanes of at least 4 members (excludes halogenated alkanes) is 4. The fourth-order valence-electron chi connectivity index (χ4n) is 3.79. The smallest absolute Gasteiger partial charge is 0.341 e. The minimum absolute atomic E-state index is 0.297. The van der Waals surface area contributed by atoms with E-state index in [1.165, 1.54) is 25.5 Å². The lowest BCUT2D eigenvalue weighted by Gasteiger charge is -2.16. The van der Waals surface area contributed by atoms with Gasteiger partial charge < -0.3 is 23.9 Å². The summed E-state index contributed by atoms with van der Waals surface area (Å²) in [5, 5.41) is 11.0. The highest BCUT2D eigenvalue weighted by molar-refractivity contribution is 9.09. The zero-order valence-corrected chi connectivity index (χ0v) is 21.8. The lowest BCUT2D eigenvalue weighted by atomic mass is 10.1. The first kappa shape index (κ1) is 26.6. The SMILES string of the molecule is CCCOc1cc(OC)cc(-n2cc(C(=O)O)c(=O)c3ccc(OCCCCCCCBr)cc32)c1. The fourth-order valence-corrected chi connectivity index (χ4v) is 4.19. The second-order valence-corrected chi connectivity index (χ2v) is 9.04. The quantitative estimate of drug-likeness (QED) is 0.191. The van der Waals surface area contributed by atoms with E-state index < -0.39 is 11.4 Å². The summed E-state index contributed by atoms with van der Waals surface area (Å²) in [5.74, 6) is 0.498. The average Bonchev–Trinajstić information content (AvgIpc) is 2.86. The molecule has 0 aliphatic carbocycles. The summed E-state index contributed by atoms with van der Waals surface area (Å²) < 4.78 is 18.9. The molecule has 0 atom stereocenters. The molecule has 3 aromatic rings. The van der Waals surface area contributed by atoms with Gasteiger partial charge >= 0.3 is 5.97 Å². The third kappa shape index (κ3) is 7.01. The van der Waals surface area contributed by atoms with Crippen LogP contribution in [0.25, 0.3) is 16.6 Å². The van der Waals surface area contributed by atoms with E-state index in [9.17, 15) is 14.7 Å². The maximum absolute atomic E-state index is 12.9. The molecule has 0 aliphatic rings. The normalized spacial score (nSPS) is 10.9. The van der Waals surface area contributed by atoms with E-state index in [1.54, 1.807) is 48.1 Å². The van der Waals surface area contributed by atoms with Crippen molar-refractivity contribution in [1.29, 1.82) is 0 Å². The van der Waals surface area contributed by atoms with Crippen molar-refractivity contribution >= 4 is 32.8 Å². The summed E-state index contributed by atoms with van der Waals surface area (Å²) in [6, 6.07) is 10.5. The molecule has 0 unspecified atom stereocenters. The molecule has 0 spiro atoms. The number of rotatable bonds is 14. The maximum Gasteiger partial charge on any atom is 0.341 e. The average molecular weight is 546 g/mol. The molecule has 1 heterocycles. The highest BCUT2D eigenvalue weighted by Crippen LogP contribution is 2.29. The van der Waals surface area contributed by atoms with Crippen molar-refractivity contribution < 1.29 is 24.1 Å². The molecule has 1 N–H and O–H groups in total. The zero-order chi connectivity index (χ0) is 25.2. The number of methoxy groups -OCH3 is 1. The van der Waals surface area contributed by atoms with E-state index in [4.69, 9.17) is 14.2 Å². The minimum atomic E-state index is -1.28. The first-order valence-electron chi connectivity index (χ1n) is 11.9. The van der Waals surface area contributed by atoms with Gasteiger partial charge in [-0.05, 0) is 31.4 Å². The van der Waals surface area contributed by atoms with Crippen LogP contribution in [0.4, 0.5) is 0 Å². The van der Waals surface area contributed by atoms with Crippen molar-refractivity contribution in [2.45, 2.75) is 45.4 Å². The summed E-state index contributed by atoms with van der Waals surface area (Å²) in [6.07, 6.45) is 7.77. The van der Waals surface area contributed by atoms with E-state index in [2.05, 4.69) is 15.9 Å². The molecule has 8 heteroatoms. The van der Waals surface area contributed by atoms with Crippen molar-refractivity contribution in [3.8, 4) is 22.9 Å². The van der Waals surface area contributed by atoms with Gasteiger partial charge in [0.25, 0.3) is 0 Å². The third-order valence-electron chi connectivity index (χ3n) is 5.60. The Bertz CT molecular complexity index is 1210. The Kier molecular flexibility index (Phi) is 10.0. The number of fused-ring (bicyclic) bond motifs is 1. The minimum Gasteiger partial charge on any atom is -0.497 e. The molecule has 0 saturated heterocycles. The van der Waals surface area contributed by atoms with Crippen molar-refractivity contribution in [3.63, 3.8) is 0 Å². The van der Waals surface area contributed by atoms with Crippen molar-refractivity contribution in [2.75, 3.05) is 25.7 Å². The van der Waals surface area contributed by atoms with Crippen LogP contribution < -0.4 is 19.6 Å². The predicted molar refractivity (Wildman–Crippen MR) is 141 cm³/mol. The first-order chi connectivity index (χ1) is 17.0. The highest BCUT2D eigenvalue weighted by atomic mass is 79.9. The van der Waals surface area contributed by atoms with Crippen molar-refractivity contribution in [3.05, 3.63) is 58.4 Å². The number of carboxylic acids is 1. The van der Waals surface area contributed by atoms with Crippen LogP contribution >= 0.6 is 15.9 Å². The van der Waals surface area contributed by atoms with Crippen LogP contribution in [0.2, 0.25) is 0 Å². The molecule has 2 aromatic carbocycles. The molecule has 0 radical (unpaired) electrons. The molecule has 35 heavy (non-hydrogen) atoms. The van der Waals surface area contributed by atoms with E-state index in [0.29, 0.717) is 47.1 Å². The number of carboxylic acid groups (broad SMARTS) is 1. The van der Waals surface area contributed by atoms with Crippen LogP contribution in [-0.4, -0.2) is 41.3 Å². The van der Waals surface area contributed by atoms with Gasteiger partial charge in [0.15, 0.2) is 0 Å². The van der Waals surface area contributed by atoms with Gasteiger partial charge in [-0.15, -0.1) is 0 Å². The summed E-state index contributed by atoms with van der Waals surface area (Å²) >= 11 is 3.45. The largest absolute Gasteiger partial charge is 0.497 e. The number of hydrogen-bond donors (Lipinski definition) is 1. The van der Waals surface area contributed by atoms with E-state index >= 15 is 0 Å². The van der Waals surface area contributed by atoms with Crippen LogP contribution in [0, 0.1) is 0 Å². The van der Waals surface area contributed by atoms with Crippen LogP contribution in [0.3, 0.4) is 0 Å². The highest BCUT2D eigenvalue weighted by Gasteiger charge is 2.17. The molecule has 188 valence electrons. The molecule has 1 aromatic heterocycles. The molecular formula is C27H32BrNO6. The van der Waals surface area contributed by atoms with E-state index in [0.717, 1.165) is 24.6 Å². The summed E-state index contributed by atoms with van der Waals surface area (Å²) in [6.45, 7) is 3.12. The third-order valence-corrected chi connectivity index (χ3v) is 6.17. The summed E-state index contributed by atoms with van der Waals surface area (Å²) in [4.78, 5) is 24.7. The number of hydrogen-bond acceptors (Lipinski definition) is 5. The van der Waals surface area contributed by atoms with Gasteiger partial charge in [-0.1, -0.05) is 42.1 Å². The van der Waals surface area contributed by atoms with Crippen molar-refractivity contribution in [2.24, 2.45) is 0 Å². The van der Waals surface area contributed by atoms with E-state index in [-0.39, 0.29) is 5.56 Å². The standard InChI is InChI=1S/C27H32BrNO6/c1-3-12-34-22-15-19(14-21(16-22)33-2)29-18-24(27(31)32)26(30)23-10-9-20(17-25(23)29)35-13-8-6-4-5-7-11-28/h9-10,14-18H,3-8,11-13H2,1-2H3,(H,31,32). The van der Waals surface area contributed by atoms with Gasteiger partial charge in [0.1, 0.15) is 22.8 Å². The lowest BCUT2D eigenvalue weighted by Crippen LogP contribution is -2.18. The number of aromatic carboxylic acids is 1. The monoisotopic (exact) mass is 545 g/mol. The van der Waals surface area contributed by atoms with Gasteiger partial charge in [-0.3, -0.25) is 4.79 Å². The Balaban J connectivity index is 1.99. The van der Waals surface area contributed by atoms with Gasteiger partial charge in [0, 0.05) is 41.2 Å². The Labute approximate surface area is 213 Å². The number of aromatic nitrogens is 1. The Morgan fingerprint density at radius 1 is 0.943 bits per heavy atom. The number of nitrogens with zero attached hydrogens (tertiary/aromatic N) is 1. The Morgan fingerprint density at radius 2 is 1.66 bits per heavy atom. The number of pyridine rings is 1. The van der Waals surface area contributed by atoms with Crippen LogP contribution in [-0.2, 0) is 0 Å². The molecule has 0 bridgehead atoms. The molecule has 0 fully saturated rings. The summed E-state index contributed by atoms with van der Waals surface area (Å²) in [7, 11) is 1.56. The van der Waals surface area contributed by atoms with Gasteiger partial charge in [0.2, 0.25) is 5.43 Å². The number of benzene rings is 2. The molecular weight excluding hydrogens is 514 g/mol. The van der Waals surface area contributed by atoms with Crippen molar-refractivity contribution in [1.82, 2.24) is 4.57 Å². The van der Waals surface area contributed by atoms with E-state index in [1.807, 2.05) is 6.92 Å². The predicted octanol–water partition coefficient (Wildman–Crippen LogP) is 6.21.